The van der Waals surface area contributed by atoms with E-state index in [4.69, 9.17) is 0 Å². The fourth-order valence-electron chi connectivity index (χ4n) is 2.55. The number of hydrogen-bond donors (Lipinski definition) is 1. The molecule has 1 fully saturated rings. The van der Waals surface area contributed by atoms with Gasteiger partial charge in [-0.05, 0) is 34.3 Å². The minimum atomic E-state index is 0.137. The van der Waals surface area contributed by atoms with Gasteiger partial charge in [0.1, 0.15) is 6.54 Å². The second-order valence-corrected chi connectivity index (χ2v) is 6.99. The minimum absolute atomic E-state index is 0.137. The van der Waals surface area contributed by atoms with E-state index in [1.54, 1.807) is 33.6 Å². The van der Waals surface area contributed by atoms with Crippen molar-refractivity contribution in [1.29, 1.82) is 0 Å². The van der Waals surface area contributed by atoms with Crippen LogP contribution < -0.4 is 4.90 Å². The Hall–Kier alpha value is -1.43. The van der Waals surface area contributed by atoms with Gasteiger partial charge in [0, 0.05) is 16.5 Å². The Morgan fingerprint density at radius 2 is 2.14 bits per heavy atom. The van der Waals surface area contributed by atoms with Gasteiger partial charge in [-0.2, -0.15) is 11.3 Å². The molecule has 110 valence electrons. The second kappa shape index (κ2) is 7.02. The fourth-order valence-corrected chi connectivity index (χ4v) is 3.83. The third-order valence-corrected chi connectivity index (χ3v) is 5.32. The van der Waals surface area contributed by atoms with Gasteiger partial charge in [-0.1, -0.05) is 6.07 Å². The van der Waals surface area contributed by atoms with Gasteiger partial charge in [-0.3, -0.25) is 4.79 Å². The molecule has 0 aromatic carbocycles. The Kier molecular flexibility index (Phi) is 4.85. The molecule has 1 aliphatic rings. The first-order valence-corrected chi connectivity index (χ1v) is 8.98. The fraction of sp³-hybridized carbons (Fsp3) is 0.312. The number of piperazine rings is 1. The molecule has 0 unspecified atom stereocenters. The molecule has 1 N–H and O–H groups in total. The third kappa shape index (κ3) is 4.03. The molecular weight excluding hydrogens is 300 g/mol. The maximum absolute atomic E-state index is 12.2. The van der Waals surface area contributed by atoms with Gasteiger partial charge >= 0.3 is 0 Å². The molecule has 1 aliphatic heterocycles. The summed E-state index contributed by atoms with van der Waals surface area (Å²) in [6.45, 7) is 4.86. The minimum Gasteiger partial charge on any atom is -0.328 e. The Morgan fingerprint density at radius 1 is 1.29 bits per heavy atom. The molecule has 21 heavy (non-hydrogen) atoms. The van der Waals surface area contributed by atoms with Crippen molar-refractivity contribution in [2.24, 2.45) is 0 Å². The van der Waals surface area contributed by atoms with Crippen LogP contribution in [0, 0.1) is 0 Å². The molecule has 0 bridgehead atoms. The Bertz CT molecular complexity index is 582. The van der Waals surface area contributed by atoms with E-state index in [0.717, 1.165) is 37.6 Å². The van der Waals surface area contributed by atoms with E-state index in [1.807, 2.05) is 28.5 Å². The smallest absolute Gasteiger partial charge is 0.247 e. The molecule has 0 saturated carbocycles. The number of nitrogens with one attached hydrogen (secondary N) is 1. The lowest BCUT2D eigenvalue weighted by Gasteiger charge is -2.31. The van der Waals surface area contributed by atoms with Gasteiger partial charge < -0.3 is 9.80 Å². The number of rotatable bonds is 4. The van der Waals surface area contributed by atoms with E-state index in [-0.39, 0.29) is 5.91 Å². The molecule has 0 spiro atoms. The summed E-state index contributed by atoms with van der Waals surface area (Å²) < 4.78 is 0. The number of carbonyl (C=O) groups excluding carboxylic acids is 1. The zero-order chi connectivity index (χ0) is 14.5. The van der Waals surface area contributed by atoms with Crippen LogP contribution in [0.15, 0.2) is 40.4 Å². The zero-order valence-corrected chi connectivity index (χ0v) is 13.5. The highest BCUT2D eigenvalue weighted by Gasteiger charge is 2.22. The van der Waals surface area contributed by atoms with Gasteiger partial charge in [0.05, 0.1) is 26.2 Å². The maximum Gasteiger partial charge on any atom is 0.247 e. The lowest BCUT2D eigenvalue weighted by Crippen LogP contribution is -3.13. The SMILES string of the molecule is O=C(/C=C/c1cccs1)N1CC[NH+](Cc2ccsc2)CC1. The van der Waals surface area contributed by atoms with Crippen LogP contribution in [0.4, 0.5) is 0 Å². The van der Waals surface area contributed by atoms with Crippen LogP contribution in [0.25, 0.3) is 6.08 Å². The van der Waals surface area contributed by atoms with Gasteiger partial charge in [-0.15, -0.1) is 11.3 Å². The maximum atomic E-state index is 12.2. The van der Waals surface area contributed by atoms with E-state index in [0.29, 0.717) is 0 Å². The summed E-state index contributed by atoms with van der Waals surface area (Å²) in [5.74, 6) is 0.137. The lowest BCUT2D eigenvalue weighted by molar-refractivity contribution is -0.917. The summed E-state index contributed by atoms with van der Waals surface area (Å²) >= 11 is 3.41. The highest BCUT2D eigenvalue weighted by atomic mass is 32.1. The summed E-state index contributed by atoms with van der Waals surface area (Å²) in [6.07, 6.45) is 3.62. The quantitative estimate of drug-likeness (QED) is 0.853. The molecule has 3 rings (SSSR count). The molecule has 0 aliphatic carbocycles. The van der Waals surface area contributed by atoms with Crippen molar-refractivity contribution < 1.29 is 9.69 Å². The van der Waals surface area contributed by atoms with Crippen LogP contribution >= 0.6 is 22.7 Å². The topological polar surface area (TPSA) is 24.8 Å². The van der Waals surface area contributed by atoms with Crippen LogP contribution in [0.2, 0.25) is 0 Å². The van der Waals surface area contributed by atoms with E-state index in [9.17, 15) is 4.79 Å². The first-order chi connectivity index (χ1) is 10.3. The lowest BCUT2D eigenvalue weighted by atomic mass is 10.2. The van der Waals surface area contributed by atoms with Crippen molar-refractivity contribution in [2.45, 2.75) is 6.54 Å². The molecule has 1 amide bonds. The van der Waals surface area contributed by atoms with E-state index >= 15 is 0 Å². The van der Waals surface area contributed by atoms with Crippen LogP contribution in [-0.4, -0.2) is 37.0 Å². The monoisotopic (exact) mass is 319 g/mol. The molecule has 2 aromatic rings. The van der Waals surface area contributed by atoms with Crippen LogP contribution in [0.1, 0.15) is 10.4 Å². The molecule has 2 aromatic heterocycles. The normalized spacial score (nSPS) is 16.7. The summed E-state index contributed by atoms with van der Waals surface area (Å²) in [5, 5.41) is 6.37. The highest BCUT2D eigenvalue weighted by Crippen LogP contribution is 2.10. The Morgan fingerprint density at radius 3 is 2.81 bits per heavy atom. The number of nitrogens with zero attached hydrogens (tertiary/aromatic N) is 1. The van der Waals surface area contributed by atoms with Gasteiger partial charge in [-0.25, -0.2) is 0 Å². The van der Waals surface area contributed by atoms with Crippen LogP contribution in [-0.2, 0) is 11.3 Å². The Balaban J connectivity index is 1.47. The molecule has 0 atom stereocenters. The number of amides is 1. The second-order valence-electron chi connectivity index (χ2n) is 5.23. The summed E-state index contributed by atoms with van der Waals surface area (Å²) in [7, 11) is 0. The summed E-state index contributed by atoms with van der Waals surface area (Å²) in [5.41, 5.74) is 1.41. The van der Waals surface area contributed by atoms with Crippen molar-refractivity contribution in [3.05, 3.63) is 50.9 Å². The molecule has 0 radical (unpaired) electrons. The van der Waals surface area contributed by atoms with Gasteiger partial charge in [0.25, 0.3) is 0 Å². The molecule has 3 heterocycles. The number of thiophene rings is 2. The predicted molar refractivity (Wildman–Crippen MR) is 88.7 cm³/mol. The largest absolute Gasteiger partial charge is 0.328 e. The summed E-state index contributed by atoms with van der Waals surface area (Å²) in [4.78, 5) is 16.8. The zero-order valence-electron chi connectivity index (χ0n) is 11.8. The molecule has 3 nitrogen and oxygen atoms in total. The average Bonchev–Trinajstić information content (AvgIpc) is 3.19. The van der Waals surface area contributed by atoms with E-state index in [2.05, 4.69) is 16.8 Å². The van der Waals surface area contributed by atoms with Crippen LogP contribution in [0.3, 0.4) is 0 Å². The van der Waals surface area contributed by atoms with Crippen molar-refractivity contribution >= 4 is 34.7 Å². The van der Waals surface area contributed by atoms with Crippen LogP contribution in [0.5, 0.6) is 0 Å². The molecule has 1 saturated heterocycles. The highest BCUT2D eigenvalue weighted by molar-refractivity contribution is 7.10. The number of carbonyl (C=O) groups is 1. The predicted octanol–water partition coefficient (Wildman–Crippen LogP) is 1.75. The molecule has 5 heteroatoms. The average molecular weight is 319 g/mol. The standard InChI is InChI=1S/C16H18N2OS2/c19-16(4-3-15-2-1-10-21-15)18-8-6-17(7-9-18)12-14-5-11-20-13-14/h1-5,10-11,13H,6-9,12H2/p+1/b4-3+. The van der Waals surface area contributed by atoms with Crippen molar-refractivity contribution in [2.75, 3.05) is 26.2 Å². The third-order valence-electron chi connectivity index (χ3n) is 3.75. The van der Waals surface area contributed by atoms with Crippen molar-refractivity contribution in [1.82, 2.24) is 4.90 Å². The number of hydrogen-bond acceptors (Lipinski definition) is 3. The number of quaternary nitrogens is 1. The summed E-state index contributed by atoms with van der Waals surface area (Å²) in [6, 6.07) is 6.22. The molecular formula is C16H19N2OS2+. The van der Waals surface area contributed by atoms with E-state index < -0.39 is 0 Å². The first kappa shape index (κ1) is 14.5. The van der Waals surface area contributed by atoms with Crippen molar-refractivity contribution in [3.63, 3.8) is 0 Å². The van der Waals surface area contributed by atoms with Crippen molar-refractivity contribution in [3.8, 4) is 0 Å². The van der Waals surface area contributed by atoms with E-state index in [1.165, 1.54) is 5.56 Å². The van der Waals surface area contributed by atoms with Gasteiger partial charge in [0.15, 0.2) is 0 Å². The Labute approximate surface area is 133 Å². The van der Waals surface area contributed by atoms with Gasteiger partial charge in [0.2, 0.25) is 5.91 Å². The first-order valence-electron chi connectivity index (χ1n) is 7.16.